The van der Waals surface area contributed by atoms with Crippen LogP contribution in [0.5, 0.6) is 0 Å². The lowest BCUT2D eigenvalue weighted by atomic mass is 9.76. The summed E-state index contributed by atoms with van der Waals surface area (Å²) in [5, 5.41) is 7.97. The van der Waals surface area contributed by atoms with E-state index in [9.17, 15) is 0 Å². The Morgan fingerprint density at radius 1 is 1.45 bits per heavy atom. The lowest BCUT2D eigenvalue weighted by Gasteiger charge is -2.27. The van der Waals surface area contributed by atoms with E-state index >= 15 is 0 Å². The smallest absolute Gasteiger partial charge is 0.234 e. The van der Waals surface area contributed by atoms with Gasteiger partial charge in [-0.05, 0) is 31.0 Å². The van der Waals surface area contributed by atoms with E-state index in [1.807, 2.05) is 0 Å². The van der Waals surface area contributed by atoms with Crippen molar-refractivity contribution in [2.24, 2.45) is 5.92 Å². The molecule has 0 bridgehead atoms. The molecule has 0 radical (unpaired) electrons. The predicted molar refractivity (Wildman–Crippen MR) is 76.5 cm³/mol. The van der Waals surface area contributed by atoms with Gasteiger partial charge in [0.2, 0.25) is 11.7 Å². The van der Waals surface area contributed by atoms with Gasteiger partial charge in [-0.2, -0.15) is 4.98 Å². The molecule has 1 saturated heterocycles. The van der Waals surface area contributed by atoms with E-state index in [0.29, 0.717) is 28.3 Å². The van der Waals surface area contributed by atoms with E-state index in [2.05, 4.69) is 34.3 Å². The Hall–Kier alpha value is -1.46. The van der Waals surface area contributed by atoms with Gasteiger partial charge in [-0.3, -0.25) is 4.98 Å². The summed E-state index contributed by atoms with van der Waals surface area (Å²) in [6.45, 7) is 6.21. The Kier molecular flexibility index (Phi) is 3.48. The molecule has 1 N–H and O–H groups in total. The van der Waals surface area contributed by atoms with Crippen molar-refractivity contribution < 1.29 is 4.52 Å². The second-order valence-electron chi connectivity index (χ2n) is 5.49. The second-order valence-corrected chi connectivity index (χ2v) is 5.90. The Bertz CT molecular complexity index is 605. The molecule has 0 saturated carbocycles. The third-order valence-electron chi connectivity index (χ3n) is 4.12. The van der Waals surface area contributed by atoms with Crippen molar-refractivity contribution in [1.82, 2.24) is 20.4 Å². The highest BCUT2D eigenvalue weighted by Gasteiger charge is 2.43. The minimum atomic E-state index is -0.0908. The molecule has 1 unspecified atom stereocenters. The maximum Gasteiger partial charge on any atom is 0.234 e. The molecule has 1 aliphatic heterocycles. The van der Waals surface area contributed by atoms with Crippen LogP contribution in [0, 0.1) is 5.92 Å². The lowest BCUT2D eigenvalue weighted by molar-refractivity contribution is 0.234. The zero-order chi connectivity index (χ0) is 14.2. The first-order valence-corrected chi connectivity index (χ1v) is 7.17. The van der Waals surface area contributed by atoms with Crippen LogP contribution in [0.2, 0.25) is 5.02 Å². The fraction of sp³-hybridized carbons (Fsp3) is 0.500. The molecule has 1 fully saturated rings. The van der Waals surface area contributed by atoms with E-state index in [1.54, 1.807) is 18.3 Å². The van der Waals surface area contributed by atoms with Crippen LogP contribution in [0.1, 0.15) is 26.2 Å². The van der Waals surface area contributed by atoms with Crippen molar-refractivity contribution in [1.29, 1.82) is 0 Å². The fourth-order valence-corrected chi connectivity index (χ4v) is 2.91. The summed E-state index contributed by atoms with van der Waals surface area (Å²) in [4.78, 5) is 8.78. The highest BCUT2D eigenvalue weighted by atomic mass is 35.5. The predicted octanol–water partition coefficient (Wildman–Crippen LogP) is 2.67. The molecule has 2 aromatic heterocycles. The molecule has 6 heteroatoms. The SMILES string of the molecule is CC(C)C1(c2nc(-c3ncccc3Cl)no2)CCNC1. The Morgan fingerprint density at radius 3 is 2.95 bits per heavy atom. The van der Waals surface area contributed by atoms with E-state index in [-0.39, 0.29) is 5.41 Å². The summed E-state index contributed by atoms with van der Waals surface area (Å²) in [5.41, 5.74) is 0.473. The van der Waals surface area contributed by atoms with E-state index in [0.717, 1.165) is 19.5 Å². The van der Waals surface area contributed by atoms with Crippen LogP contribution in [0.25, 0.3) is 11.5 Å². The number of halogens is 1. The average molecular weight is 293 g/mol. The monoisotopic (exact) mass is 292 g/mol. The average Bonchev–Trinajstić information content (AvgIpc) is 3.09. The molecule has 3 rings (SSSR count). The molecular weight excluding hydrogens is 276 g/mol. The van der Waals surface area contributed by atoms with Gasteiger partial charge in [0.05, 0.1) is 10.4 Å². The number of hydrogen-bond acceptors (Lipinski definition) is 5. The van der Waals surface area contributed by atoms with Crippen LogP contribution in [-0.4, -0.2) is 28.2 Å². The molecule has 1 aliphatic rings. The maximum atomic E-state index is 6.13. The zero-order valence-electron chi connectivity index (χ0n) is 11.6. The van der Waals surface area contributed by atoms with Crippen molar-refractivity contribution in [3.63, 3.8) is 0 Å². The normalized spacial score (nSPS) is 22.6. The number of nitrogens with zero attached hydrogens (tertiary/aromatic N) is 3. The first-order chi connectivity index (χ1) is 9.63. The van der Waals surface area contributed by atoms with Gasteiger partial charge in [0, 0.05) is 12.7 Å². The maximum absolute atomic E-state index is 6.13. The van der Waals surface area contributed by atoms with Crippen LogP contribution in [0.4, 0.5) is 0 Å². The van der Waals surface area contributed by atoms with Crippen molar-refractivity contribution >= 4 is 11.6 Å². The van der Waals surface area contributed by atoms with Crippen molar-refractivity contribution in [3.05, 3.63) is 29.2 Å². The molecule has 2 aromatic rings. The van der Waals surface area contributed by atoms with Crippen LogP contribution < -0.4 is 5.32 Å². The van der Waals surface area contributed by atoms with Gasteiger partial charge in [-0.1, -0.05) is 30.6 Å². The molecule has 106 valence electrons. The Balaban J connectivity index is 2.00. The quantitative estimate of drug-likeness (QED) is 0.942. The van der Waals surface area contributed by atoms with Crippen molar-refractivity contribution in [3.8, 4) is 11.5 Å². The topological polar surface area (TPSA) is 63.8 Å². The standard InChI is InChI=1S/C14H17ClN4O/c1-9(2)14(5-7-16-8-14)13-18-12(19-20-13)11-10(15)4-3-6-17-11/h3-4,6,9,16H,5,7-8H2,1-2H3. The highest BCUT2D eigenvalue weighted by Crippen LogP contribution is 2.37. The third kappa shape index (κ3) is 2.11. The Morgan fingerprint density at radius 2 is 2.30 bits per heavy atom. The molecular formula is C14H17ClN4O. The fourth-order valence-electron chi connectivity index (χ4n) is 2.71. The minimum absolute atomic E-state index is 0.0908. The molecule has 0 amide bonds. The van der Waals surface area contributed by atoms with Gasteiger partial charge in [0.1, 0.15) is 5.69 Å². The summed E-state index contributed by atoms with van der Waals surface area (Å²) in [5.74, 6) is 1.55. The van der Waals surface area contributed by atoms with Gasteiger partial charge in [0.25, 0.3) is 0 Å². The second kappa shape index (κ2) is 5.14. The van der Waals surface area contributed by atoms with Crippen LogP contribution >= 0.6 is 11.6 Å². The van der Waals surface area contributed by atoms with Gasteiger partial charge >= 0.3 is 0 Å². The molecule has 1 atom stereocenters. The molecule has 20 heavy (non-hydrogen) atoms. The van der Waals surface area contributed by atoms with Gasteiger partial charge < -0.3 is 9.84 Å². The molecule has 0 spiro atoms. The first kappa shape index (κ1) is 13.5. The minimum Gasteiger partial charge on any atom is -0.338 e. The van der Waals surface area contributed by atoms with Gasteiger partial charge in [-0.15, -0.1) is 0 Å². The zero-order valence-corrected chi connectivity index (χ0v) is 12.3. The number of aromatic nitrogens is 3. The largest absolute Gasteiger partial charge is 0.338 e. The first-order valence-electron chi connectivity index (χ1n) is 6.79. The lowest BCUT2D eigenvalue weighted by Crippen LogP contribution is -2.35. The molecule has 5 nitrogen and oxygen atoms in total. The molecule has 0 aliphatic carbocycles. The summed E-state index contributed by atoms with van der Waals surface area (Å²) >= 11 is 6.13. The van der Waals surface area contributed by atoms with Crippen LogP contribution in [0.3, 0.4) is 0 Å². The van der Waals surface area contributed by atoms with Crippen LogP contribution in [-0.2, 0) is 5.41 Å². The van der Waals surface area contributed by atoms with E-state index in [4.69, 9.17) is 16.1 Å². The van der Waals surface area contributed by atoms with E-state index < -0.39 is 0 Å². The number of nitrogens with one attached hydrogen (secondary N) is 1. The number of rotatable bonds is 3. The summed E-state index contributed by atoms with van der Waals surface area (Å²) in [6.07, 6.45) is 2.68. The van der Waals surface area contributed by atoms with Gasteiger partial charge in [0.15, 0.2) is 0 Å². The van der Waals surface area contributed by atoms with Crippen molar-refractivity contribution in [2.45, 2.75) is 25.7 Å². The summed E-state index contributed by atoms with van der Waals surface area (Å²) in [6, 6.07) is 3.55. The number of hydrogen-bond donors (Lipinski definition) is 1. The third-order valence-corrected chi connectivity index (χ3v) is 4.42. The Labute approximate surface area is 122 Å². The summed E-state index contributed by atoms with van der Waals surface area (Å²) < 4.78 is 5.52. The molecule has 3 heterocycles. The van der Waals surface area contributed by atoms with Crippen molar-refractivity contribution in [2.75, 3.05) is 13.1 Å². The molecule has 0 aromatic carbocycles. The van der Waals surface area contributed by atoms with Gasteiger partial charge in [-0.25, -0.2) is 0 Å². The number of pyridine rings is 1. The van der Waals surface area contributed by atoms with E-state index in [1.165, 1.54) is 0 Å². The highest BCUT2D eigenvalue weighted by molar-refractivity contribution is 6.32. The summed E-state index contributed by atoms with van der Waals surface area (Å²) in [7, 11) is 0. The van der Waals surface area contributed by atoms with Crippen LogP contribution in [0.15, 0.2) is 22.9 Å².